The quantitative estimate of drug-likeness (QED) is 0.824. The van der Waals surface area contributed by atoms with E-state index in [0.717, 1.165) is 19.3 Å². The molecule has 3 rings (SSSR count). The lowest BCUT2D eigenvalue weighted by molar-refractivity contribution is -0.142. The Kier molecular flexibility index (Phi) is 5.14. The molecule has 2 N–H and O–H groups in total. The van der Waals surface area contributed by atoms with Gasteiger partial charge in [0.05, 0.1) is 12.1 Å². The van der Waals surface area contributed by atoms with Gasteiger partial charge in [-0.15, -0.1) is 11.3 Å². The van der Waals surface area contributed by atoms with E-state index in [1.54, 1.807) is 18.5 Å². The van der Waals surface area contributed by atoms with Gasteiger partial charge in [-0.25, -0.2) is 15.0 Å². The van der Waals surface area contributed by atoms with Crippen molar-refractivity contribution in [3.05, 3.63) is 29.5 Å². The molecule has 2 atom stereocenters. The predicted molar refractivity (Wildman–Crippen MR) is 88.6 cm³/mol. The Morgan fingerprint density at radius 3 is 2.62 bits per heavy atom. The van der Waals surface area contributed by atoms with Gasteiger partial charge >= 0.3 is 5.97 Å². The van der Waals surface area contributed by atoms with Crippen LogP contribution in [0.15, 0.2) is 24.7 Å². The Balaban J connectivity index is 1.72. The number of amides is 1. The first-order chi connectivity index (χ1) is 11.6. The topological polar surface area (TPSA) is 105 Å². The van der Waals surface area contributed by atoms with E-state index in [-0.39, 0.29) is 11.9 Å². The summed E-state index contributed by atoms with van der Waals surface area (Å²) in [6.07, 6.45) is 8.84. The van der Waals surface area contributed by atoms with Gasteiger partial charge in [-0.05, 0) is 18.9 Å². The number of rotatable bonds is 4. The maximum atomic E-state index is 12.5. The molecule has 24 heavy (non-hydrogen) atoms. The molecule has 0 radical (unpaired) electrons. The smallest absolute Gasteiger partial charge is 0.308 e. The van der Waals surface area contributed by atoms with Gasteiger partial charge in [0.1, 0.15) is 4.88 Å². The molecule has 126 valence electrons. The molecule has 1 amide bonds. The van der Waals surface area contributed by atoms with E-state index in [1.807, 2.05) is 0 Å². The predicted octanol–water partition coefficient (Wildman–Crippen LogP) is 2.36. The first-order valence-corrected chi connectivity index (χ1v) is 8.73. The van der Waals surface area contributed by atoms with Crippen LogP contribution in [0.4, 0.5) is 0 Å². The molecule has 0 saturated heterocycles. The summed E-state index contributed by atoms with van der Waals surface area (Å²) in [6.45, 7) is 0. The van der Waals surface area contributed by atoms with Gasteiger partial charge in [0.2, 0.25) is 0 Å². The number of carbonyl (C=O) groups excluding carboxylic acids is 1. The van der Waals surface area contributed by atoms with Gasteiger partial charge in [-0.1, -0.05) is 19.3 Å². The zero-order chi connectivity index (χ0) is 16.9. The van der Waals surface area contributed by atoms with Gasteiger partial charge in [0, 0.05) is 18.4 Å². The second kappa shape index (κ2) is 7.48. The van der Waals surface area contributed by atoms with Crippen molar-refractivity contribution in [2.75, 3.05) is 0 Å². The highest BCUT2D eigenvalue weighted by Crippen LogP contribution is 2.26. The van der Waals surface area contributed by atoms with Crippen molar-refractivity contribution in [3.8, 4) is 10.8 Å². The first kappa shape index (κ1) is 16.5. The Morgan fingerprint density at radius 1 is 1.12 bits per heavy atom. The van der Waals surface area contributed by atoms with Crippen LogP contribution < -0.4 is 5.32 Å². The zero-order valence-electron chi connectivity index (χ0n) is 13.0. The van der Waals surface area contributed by atoms with E-state index in [1.165, 1.54) is 17.5 Å². The average molecular weight is 346 g/mol. The number of nitrogens with zero attached hydrogens (tertiary/aromatic N) is 3. The van der Waals surface area contributed by atoms with E-state index in [4.69, 9.17) is 0 Å². The highest BCUT2D eigenvalue weighted by molar-refractivity contribution is 7.16. The molecule has 0 spiro atoms. The number of hydrogen-bond acceptors (Lipinski definition) is 6. The number of nitrogens with one attached hydrogen (secondary N) is 1. The van der Waals surface area contributed by atoms with Crippen molar-refractivity contribution in [3.63, 3.8) is 0 Å². The number of aromatic nitrogens is 3. The molecule has 1 aliphatic rings. The third-order valence-corrected chi connectivity index (χ3v) is 5.13. The van der Waals surface area contributed by atoms with Gasteiger partial charge in [0.25, 0.3) is 5.91 Å². The van der Waals surface area contributed by atoms with Gasteiger partial charge in [-0.2, -0.15) is 0 Å². The zero-order valence-corrected chi connectivity index (χ0v) is 13.8. The fourth-order valence-electron chi connectivity index (χ4n) is 2.91. The number of carboxylic acid groups (broad SMARTS) is 1. The third-order valence-electron chi connectivity index (χ3n) is 4.14. The second-order valence-corrected chi connectivity index (χ2v) is 6.80. The lowest BCUT2D eigenvalue weighted by Crippen LogP contribution is -2.42. The SMILES string of the molecule is O=C(N[C@H]1CCCCC[C@H]1C(=O)O)c1cnc(-c2ncccn2)s1. The number of hydrogen-bond donors (Lipinski definition) is 2. The lowest BCUT2D eigenvalue weighted by atomic mass is 9.95. The number of carboxylic acids is 1. The molecule has 2 aromatic rings. The highest BCUT2D eigenvalue weighted by atomic mass is 32.1. The molecule has 1 saturated carbocycles. The summed E-state index contributed by atoms with van der Waals surface area (Å²) in [5, 5.41) is 12.8. The van der Waals surface area contributed by atoms with Crippen LogP contribution in [0.1, 0.15) is 41.8 Å². The molecule has 0 aromatic carbocycles. The Hall–Kier alpha value is -2.35. The Labute approximate surface area is 143 Å². The monoisotopic (exact) mass is 346 g/mol. The summed E-state index contributed by atoms with van der Waals surface area (Å²) >= 11 is 1.20. The summed E-state index contributed by atoms with van der Waals surface area (Å²) in [7, 11) is 0. The van der Waals surface area contributed by atoms with Crippen LogP contribution in [0.5, 0.6) is 0 Å². The normalized spacial score (nSPS) is 21.0. The van der Waals surface area contributed by atoms with Crippen molar-refractivity contribution >= 4 is 23.2 Å². The van der Waals surface area contributed by atoms with Crippen molar-refractivity contribution in [2.24, 2.45) is 5.92 Å². The molecule has 0 aliphatic heterocycles. The third kappa shape index (κ3) is 3.76. The van der Waals surface area contributed by atoms with Crippen LogP contribution in [0.25, 0.3) is 10.8 Å². The second-order valence-electron chi connectivity index (χ2n) is 5.76. The number of aliphatic carboxylic acids is 1. The van der Waals surface area contributed by atoms with Gasteiger partial charge in [-0.3, -0.25) is 9.59 Å². The fraction of sp³-hybridized carbons (Fsp3) is 0.438. The first-order valence-electron chi connectivity index (χ1n) is 7.92. The minimum atomic E-state index is -0.843. The summed E-state index contributed by atoms with van der Waals surface area (Å²) in [4.78, 5) is 36.8. The van der Waals surface area contributed by atoms with E-state index in [2.05, 4.69) is 20.3 Å². The largest absolute Gasteiger partial charge is 0.481 e. The van der Waals surface area contributed by atoms with Crippen LogP contribution in [-0.4, -0.2) is 38.0 Å². The molecule has 8 heteroatoms. The van der Waals surface area contributed by atoms with Crippen molar-refractivity contribution in [1.29, 1.82) is 0 Å². The summed E-state index contributed by atoms with van der Waals surface area (Å²) < 4.78 is 0. The van der Waals surface area contributed by atoms with Crippen molar-refractivity contribution in [2.45, 2.75) is 38.1 Å². The van der Waals surface area contributed by atoms with Crippen LogP contribution >= 0.6 is 11.3 Å². The maximum Gasteiger partial charge on any atom is 0.308 e. The van der Waals surface area contributed by atoms with Crippen LogP contribution in [0, 0.1) is 5.92 Å². The Bertz CT molecular complexity index is 719. The number of thiazole rings is 1. The molecule has 0 unspecified atom stereocenters. The van der Waals surface area contributed by atoms with Crippen LogP contribution in [0.2, 0.25) is 0 Å². The van der Waals surface area contributed by atoms with Crippen LogP contribution in [-0.2, 0) is 4.79 Å². The van der Waals surface area contributed by atoms with Crippen molar-refractivity contribution in [1.82, 2.24) is 20.3 Å². The minimum absolute atomic E-state index is 0.284. The van der Waals surface area contributed by atoms with E-state index >= 15 is 0 Å². The number of carbonyl (C=O) groups is 2. The molecule has 1 fully saturated rings. The molecule has 2 heterocycles. The van der Waals surface area contributed by atoms with Crippen molar-refractivity contribution < 1.29 is 14.7 Å². The van der Waals surface area contributed by atoms with Gasteiger partial charge < -0.3 is 10.4 Å². The van der Waals surface area contributed by atoms with E-state index in [0.29, 0.717) is 28.6 Å². The molecule has 7 nitrogen and oxygen atoms in total. The fourth-order valence-corrected chi connectivity index (χ4v) is 3.67. The molecule has 2 aromatic heterocycles. The standard InChI is InChI=1S/C16H18N4O3S/c21-14(20-11-6-3-1-2-5-10(11)16(22)23)12-9-19-15(24-12)13-17-7-4-8-18-13/h4,7-11H,1-3,5-6H2,(H,20,21)(H,22,23)/t10-,11+/m1/s1. The summed E-state index contributed by atoms with van der Waals surface area (Å²) in [6, 6.07) is 1.37. The summed E-state index contributed by atoms with van der Waals surface area (Å²) in [5.74, 6) is -1.18. The van der Waals surface area contributed by atoms with E-state index < -0.39 is 11.9 Å². The van der Waals surface area contributed by atoms with Crippen LogP contribution in [0.3, 0.4) is 0 Å². The van der Waals surface area contributed by atoms with Gasteiger partial charge in [0.15, 0.2) is 10.8 Å². The van der Waals surface area contributed by atoms with E-state index in [9.17, 15) is 14.7 Å². The average Bonchev–Trinajstić information content (AvgIpc) is 2.97. The molecule has 1 aliphatic carbocycles. The molecular formula is C16H18N4O3S. The highest BCUT2D eigenvalue weighted by Gasteiger charge is 2.31. The minimum Gasteiger partial charge on any atom is -0.481 e. The lowest BCUT2D eigenvalue weighted by Gasteiger charge is -2.22. The molecule has 0 bridgehead atoms. The summed E-state index contributed by atoms with van der Waals surface area (Å²) in [5.41, 5.74) is 0. The molecular weight excluding hydrogens is 328 g/mol. The Morgan fingerprint density at radius 2 is 1.88 bits per heavy atom. The maximum absolute atomic E-state index is 12.5.